The summed E-state index contributed by atoms with van der Waals surface area (Å²) >= 11 is 0. The molecule has 0 fully saturated rings. The first-order chi connectivity index (χ1) is 12.6. The van der Waals surface area contributed by atoms with Gasteiger partial charge in [0, 0.05) is 24.0 Å². The van der Waals surface area contributed by atoms with Crippen molar-refractivity contribution >= 4 is 17.3 Å². The Morgan fingerprint density at radius 2 is 2.04 bits per heavy atom. The van der Waals surface area contributed by atoms with Gasteiger partial charge in [-0.1, -0.05) is 38.1 Å². The normalized spacial score (nSPS) is 13.4. The van der Waals surface area contributed by atoms with Crippen molar-refractivity contribution in [1.29, 1.82) is 0 Å². The number of para-hydroxylation sites is 1. The number of ether oxygens (including phenoxy) is 1. The molecule has 0 atom stereocenters. The van der Waals surface area contributed by atoms with Gasteiger partial charge in [0.15, 0.2) is 0 Å². The van der Waals surface area contributed by atoms with E-state index in [0.29, 0.717) is 12.5 Å². The van der Waals surface area contributed by atoms with Crippen LogP contribution in [-0.4, -0.2) is 25.6 Å². The standard InChI is InChI=1S/C22H28N2O2/c1-17(2)12-14-26-20-10-5-9-19(15-20)23-16-22(25)24-13-6-8-18-7-3-4-11-21(18)24/h3-5,7,9-11,15,17,23H,6,8,12-14,16H2,1-2H3. The average molecular weight is 352 g/mol. The fraction of sp³-hybridized carbons (Fsp3) is 0.409. The Hall–Kier alpha value is -2.49. The number of amides is 1. The second-order valence-corrected chi connectivity index (χ2v) is 7.19. The molecule has 1 heterocycles. The third kappa shape index (κ3) is 4.78. The minimum Gasteiger partial charge on any atom is -0.494 e. The second-order valence-electron chi connectivity index (χ2n) is 7.19. The maximum absolute atomic E-state index is 12.7. The van der Waals surface area contributed by atoms with Crippen molar-refractivity contribution in [2.24, 2.45) is 5.92 Å². The lowest BCUT2D eigenvalue weighted by Crippen LogP contribution is -2.39. The SMILES string of the molecule is CC(C)CCOc1cccc(NCC(=O)N2CCCc3ccccc32)c1. The van der Waals surface area contributed by atoms with E-state index in [0.717, 1.165) is 42.9 Å². The van der Waals surface area contributed by atoms with E-state index >= 15 is 0 Å². The van der Waals surface area contributed by atoms with Gasteiger partial charge in [0.1, 0.15) is 5.75 Å². The molecule has 0 aliphatic carbocycles. The lowest BCUT2D eigenvalue weighted by Gasteiger charge is -2.29. The molecule has 3 rings (SSSR count). The molecule has 1 amide bonds. The fourth-order valence-electron chi connectivity index (χ4n) is 3.17. The van der Waals surface area contributed by atoms with Crippen LogP contribution in [0.4, 0.5) is 11.4 Å². The van der Waals surface area contributed by atoms with E-state index in [1.807, 2.05) is 47.4 Å². The molecule has 4 heteroatoms. The van der Waals surface area contributed by atoms with E-state index in [4.69, 9.17) is 4.74 Å². The summed E-state index contributed by atoms with van der Waals surface area (Å²) in [7, 11) is 0. The van der Waals surface area contributed by atoms with Crippen molar-refractivity contribution in [3.63, 3.8) is 0 Å². The van der Waals surface area contributed by atoms with Crippen molar-refractivity contribution in [3.05, 3.63) is 54.1 Å². The molecule has 138 valence electrons. The van der Waals surface area contributed by atoms with Gasteiger partial charge in [0.05, 0.1) is 13.2 Å². The molecular formula is C22H28N2O2. The highest BCUT2D eigenvalue weighted by molar-refractivity contribution is 5.97. The van der Waals surface area contributed by atoms with Gasteiger partial charge in [0.25, 0.3) is 0 Å². The number of benzene rings is 2. The van der Waals surface area contributed by atoms with Crippen LogP contribution >= 0.6 is 0 Å². The Balaban J connectivity index is 1.57. The van der Waals surface area contributed by atoms with E-state index in [-0.39, 0.29) is 12.5 Å². The number of hydrogen-bond donors (Lipinski definition) is 1. The summed E-state index contributed by atoms with van der Waals surface area (Å²) in [6.45, 7) is 6.15. The number of fused-ring (bicyclic) bond motifs is 1. The van der Waals surface area contributed by atoms with Gasteiger partial charge in [-0.2, -0.15) is 0 Å². The van der Waals surface area contributed by atoms with E-state index < -0.39 is 0 Å². The summed E-state index contributed by atoms with van der Waals surface area (Å²) in [5.41, 5.74) is 3.22. The summed E-state index contributed by atoms with van der Waals surface area (Å²) in [5, 5.41) is 3.24. The number of aryl methyl sites for hydroxylation is 1. The third-order valence-corrected chi connectivity index (χ3v) is 4.65. The van der Waals surface area contributed by atoms with E-state index in [2.05, 4.69) is 25.2 Å². The number of nitrogens with one attached hydrogen (secondary N) is 1. The Kier molecular flexibility index (Phi) is 6.16. The van der Waals surface area contributed by atoms with Crippen LogP contribution in [0.5, 0.6) is 5.75 Å². The predicted octanol–water partition coefficient (Wildman–Crippen LogP) is 4.50. The molecule has 0 spiro atoms. The molecule has 1 N–H and O–H groups in total. The van der Waals surface area contributed by atoms with Gasteiger partial charge in [0.2, 0.25) is 5.91 Å². The van der Waals surface area contributed by atoms with Gasteiger partial charge in [-0.15, -0.1) is 0 Å². The first-order valence-electron chi connectivity index (χ1n) is 9.48. The Morgan fingerprint density at radius 1 is 1.19 bits per heavy atom. The second kappa shape index (κ2) is 8.75. The number of nitrogens with zero attached hydrogens (tertiary/aromatic N) is 1. The Bertz CT molecular complexity index is 742. The molecule has 1 aliphatic heterocycles. The molecule has 0 unspecified atom stereocenters. The van der Waals surface area contributed by atoms with E-state index in [1.54, 1.807) is 0 Å². The van der Waals surface area contributed by atoms with Crippen molar-refractivity contribution in [1.82, 2.24) is 0 Å². The highest BCUT2D eigenvalue weighted by Crippen LogP contribution is 2.26. The van der Waals surface area contributed by atoms with Gasteiger partial charge >= 0.3 is 0 Å². The average Bonchev–Trinajstić information content (AvgIpc) is 2.66. The molecule has 0 saturated heterocycles. The van der Waals surface area contributed by atoms with Crippen LogP contribution < -0.4 is 15.0 Å². The lowest BCUT2D eigenvalue weighted by molar-refractivity contribution is -0.117. The highest BCUT2D eigenvalue weighted by Gasteiger charge is 2.21. The monoisotopic (exact) mass is 352 g/mol. The summed E-state index contributed by atoms with van der Waals surface area (Å²) < 4.78 is 5.79. The van der Waals surface area contributed by atoms with E-state index in [1.165, 1.54) is 5.56 Å². The largest absolute Gasteiger partial charge is 0.494 e. The smallest absolute Gasteiger partial charge is 0.246 e. The molecular weight excluding hydrogens is 324 g/mol. The zero-order valence-electron chi connectivity index (χ0n) is 15.7. The molecule has 4 nitrogen and oxygen atoms in total. The zero-order chi connectivity index (χ0) is 18.4. The number of hydrogen-bond acceptors (Lipinski definition) is 3. The molecule has 2 aromatic carbocycles. The first kappa shape index (κ1) is 18.3. The van der Waals surface area contributed by atoms with Gasteiger partial charge < -0.3 is 15.0 Å². The lowest BCUT2D eigenvalue weighted by atomic mass is 10.0. The zero-order valence-corrected chi connectivity index (χ0v) is 15.7. The minimum atomic E-state index is 0.100. The van der Waals surface area contributed by atoms with Crippen molar-refractivity contribution < 1.29 is 9.53 Å². The fourth-order valence-corrected chi connectivity index (χ4v) is 3.17. The molecule has 1 aliphatic rings. The predicted molar refractivity (Wildman–Crippen MR) is 107 cm³/mol. The van der Waals surface area contributed by atoms with Crippen molar-refractivity contribution in [2.75, 3.05) is 29.9 Å². The van der Waals surface area contributed by atoms with Crippen molar-refractivity contribution in [2.45, 2.75) is 33.1 Å². The van der Waals surface area contributed by atoms with Crippen LogP contribution in [0.1, 0.15) is 32.3 Å². The topological polar surface area (TPSA) is 41.6 Å². The third-order valence-electron chi connectivity index (χ3n) is 4.65. The summed E-state index contributed by atoms with van der Waals surface area (Å²) in [4.78, 5) is 14.6. The molecule has 26 heavy (non-hydrogen) atoms. The maximum atomic E-state index is 12.7. The quantitative estimate of drug-likeness (QED) is 0.797. The van der Waals surface area contributed by atoms with Crippen LogP contribution in [0.3, 0.4) is 0 Å². The van der Waals surface area contributed by atoms with E-state index in [9.17, 15) is 4.79 Å². The Morgan fingerprint density at radius 3 is 2.88 bits per heavy atom. The first-order valence-corrected chi connectivity index (χ1v) is 9.48. The van der Waals surface area contributed by atoms with Crippen LogP contribution in [0, 0.1) is 5.92 Å². The number of carbonyl (C=O) groups excluding carboxylic acids is 1. The number of rotatable bonds is 7. The number of carbonyl (C=O) groups is 1. The molecule has 0 saturated carbocycles. The molecule has 0 aromatic heterocycles. The van der Waals surface area contributed by atoms with Gasteiger partial charge in [-0.05, 0) is 48.9 Å². The maximum Gasteiger partial charge on any atom is 0.246 e. The Labute approximate surface area is 156 Å². The van der Waals surface area contributed by atoms with Crippen LogP contribution in [0.25, 0.3) is 0 Å². The van der Waals surface area contributed by atoms with Crippen LogP contribution in [0.15, 0.2) is 48.5 Å². The van der Waals surface area contributed by atoms with Crippen LogP contribution in [-0.2, 0) is 11.2 Å². The van der Waals surface area contributed by atoms with Crippen molar-refractivity contribution in [3.8, 4) is 5.75 Å². The summed E-state index contributed by atoms with van der Waals surface area (Å²) in [5.74, 6) is 1.57. The molecule has 2 aromatic rings. The van der Waals surface area contributed by atoms with Gasteiger partial charge in [-0.3, -0.25) is 4.79 Å². The summed E-state index contributed by atoms with van der Waals surface area (Å²) in [6, 6.07) is 16.0. The van der Waals surface area contributed by atoms with Crippen LogP contribution in [0.2, 0.25) is 0 Å². The minimum absolute atomic E-state index is 0.100. The summed E-state index contributed by atoms with van der Waals surface area (Å²) in [6.07, 6.45) is 3.09. The molecule has 0 bridgehead atoms. The molecule has 0 radical (unpaired) electrons. The van der Waals surface area contributed by atoms with Gasteiger partial charge in [-0.25, -0.2) is 0 Å². The number of anilines is 2. The highest BCUT2D eigenvalue weighted by atomic mass is 16.5.